The molecule has 31 nitrogen and oxygen atoms in total. The van der Waals surface area contributed by atoms with Gasteiger partial charge >= 0.3 is 30.1 Å². The number of carbonyl (C=O) groups is 5. The predicted molar refractivity (Wildman–Crippen MR) is 377 cm³/mol. The van der Waals surface area contributed by atoms with E-state index >= 15 is 0 Å². The van der Waals surface area contributed by atoms with E-state index in [0.717, 1.165) is 89.0 Å². The number of amides is 5. The van der Waals surface area contributed by atoms with Crippen LogP contribution in [0.5, 0.6) is 23.0 Å². The number of nitrogens with one attached hydrogen (secondary N) is 5. The lowest BCUT2D eigenvalue weighted by Crippen LogP contribution is -2.44. The van der Waals surface area contributed by atoms with Gasteiger partial charge in [-0.1, -0.05) is 6.58 Å². The van der Waals surface area contributed by atoms with Crippen LogP contribution in [0.1, 0.15) is 83.1 Å². The first kappa shape index (κ1) is 80.6. The fourth-order valence-electron chi connectivity index (χ4n) is 9.48. The Kier molecular flexibility index (Phi) is 29.1. The number of hydrogen-bond acceptors (Lipinski definition) is 24. The molecule has 3 heterocycles. The lowest BCUT2D eigenvalue weighted by molar-refractivity contribution is -0.387. The second kappa shape index (κ2) is 35.4. The first-order valence-electron chi connectivity index (χ1n) is 31.4. The second-order valence-corrected chi connectivity index (χ2v) is 26.8. The van der Waals surface area contributed by atoms with Crippen LogP contribution in [0, 0.1) is 26.0 Å². The summed E-state index contributed by atoms with van der Waals surface area (Å²) in [5.74, 6) is -0.0416. The van der Waals surface area contributed by atoms with Crippen LogP contribution in [0.4, 0.5) is 86.1 Å². The molecule has 0 aromatic heterocycles. The number of halogens is 1. The molecule has 0 radical (unpaired) electrons. The molecule has 3 aliphatic rings. The maximum Gasteiger partial charge on any atom is 0.412 e. The lowest BCUT2D eigenvalue weighted by Gasteiger charge is -2.35. The maximum atomic E-state index is 13.4. The standard InChI is InChI=1S/C20H30N4O4.C17H26N4O5.C17H28N4O3.C12H15FN2O5/c1-7-18(25)21-14-12-15(22-19(26)28-20(2,3)4)17(27-6)13-16(14)24-10-8-23(5)9-11-24;1-17(2,3)26-16(22)18-12-10-14(21(23)24)13(11-15(12)25-5)20-8-6-19(4)7-9-20;1-17(2,3)24-16(22)19-13-10-12(18)14(11-15(13)23-5)21-8-6-20(4)7-9-21;1-12(2,3)20-11(16)14-8-6-9(15(17)18)7(13)5-10(8)19-4/h7,12-13H,1,8-11H2,2-6H3,(H,21,25)(H,22,26);10-11H,6-9H2,1-5H3,(H,18,22);10-11H,6-9,18H2,1-5H3,(H,19,22);5-6H,1-4H3,(H,14,16). The third-order valence-corrected chi connectivity index (χ3v) is 14.1. The molecular weight excluding hydrogens is 1280 g/mol. The van der Waals surface area contributed by atoms with Crippen LogP contribution in [-0.2, 0) is 23.7 Å². The molecule has 4 aromatic rings. The van der Waals surface area contributed by atoms with Crippen LogP contribution < -0.4 is 66.0 Å². The molecule has 5 amide bonds. The molecule has 3 aliphatic heterocycles. The summed E-state index contributed by atoms with van der Waals surface area (Å²) >= 11 is 0. The summed E-state index contributed by atoms with van der Waals surface area (Å²) in [6, 6.07) is 11.7. The highest BCUT2D eigenvalue weighted by atomic mass is 19.1. The summed E-state index contributed by atoms with van der Waals surface area (Å²) in [6.07, 6.45) is -1.44. The molecule has 7 rings (SSSR count). The smallest absolute Gasteiger partial charge is 0.412 e. The lowest BCUT2D eigenvalue weighted by atomic mass is 10.1. The van der Waals surface area contributed by atoms with Gasteiger partial charge in [-0.15, -0.1) is 0 Å². The number of benzene rings is 4. The van der Waals surface area contributed by atoms with Crippen LogP contribution in [0.25, 0.3) is 0 Å². The molecule has 98 heavy (non-hydrogen) atoms. The highest BCUT2D eigenvalue weighted by Crippen LogP contribution is 2.41. The van der Waals surface area contributed by atoms with Crippen molar-refractivity contribution < 1.29 is 76.1 Å². The minimum atomic E-state index is -1.05. The topological polar surface area (TPSA) is 351 Å². The van der Waals surface area contributed by atoms with Crippen molar-refractivity contribution in [3.63, 3.8) is 0 Å². The number of nitrogens with zero attached hydrogens (tertiary/aromatic N) is 8. The highest BCUT2D eigenvalue weighted by molar-refractivity contribution is 6.03. The quantitative estimate of drug-likeness (QED) is 0.0212. The van der Waals surface area contributed by atoms with Crippen molar-refractivity contribution in [2.45, 2.75) is 105 Å². The number of ether oxygens (including phenoxy) is 8. The van der Waals surface area contributed by atoms with Gasteiger partial charge in [0.2, 0.25) is 11.7 Å². The molecule has 3 saturated heterocycles. The Labute approximate surface area is 572 Å². The number of likely N-dealkylation sites (N-methyl/N-ethyl adjacent to an activating group) is 3. The van der Waals surface area contributed by atoms with Gasteiger partial charge in [0.25, 0.3) is 5.69 Å². The summed E-state index contributed by atoms with van der Waals surface area (Å²) in [7, 11) is 12.0. The van der Waals surface area contributed by atoms with Crippen LogP contribution in [0.2, 0.25) is 0 Å². The summed E-state index contributed by atoms with van der Waals surface area (Å²) in [6.45, 7) is 34.7. The van der Waals surface area contributed by atoms with E-state index in [4.69, 9.17) is 43.6 Å². The number of piperazine rings is 3. The monoisotopic (exact) mass is 1380 g/mol. The van der Waals surface area contributed by atoms with Crippen molar-refractivity contribution in [3.05, 3.63) is 87.2 Å². The molecule has 0 unspecified atom stereocenters. The fourth-order valence-corrected chi connectivity index (χ4v) is 9.48. The van der Waals surface area contributed by atoms with E-state index in [-0.39, 0.29) is 28.7 Å². The molecule has 0 saturated carbocycles. The Morgan fingerprint density at radius 2 is 0.724 bits per heavy atom. The summed E-state index contributed by atoms with van der Waals surface area (Å²) < 4.78 is 55.3. The maximum absolute atomic E-state index is 13.4. The number of anilines is 9. The normalized spacial score (nSPS) is 14.5. The third kappa shape index (κ3) is 26.3. The van der Waals surface area contributed by atoms with Crippen LogP contribution in [0.15, 0.2) is 61.2 Å². The van der Waals surface area contributed by atoms with Gasteiger partial charge in [-0.05, 0) is 122 Å². The average Bonchev–Trinajstić information content (AvgIpc) is 0.817. The molecule has 3 fully saturated rings. The van der Waals surface area contributed by atoms with E-state index in [1.54, 1.807) is 87.6 Å². The zero-order valence-corrected chi connectivity index (χ0v) is 59.9. The minimum absolute atomic E-state index is 0.0426. The molecule has 32 heteroatoms. The van der Waals surface area contributed by atoms with E-state index < -0.39 is 68.1 Å². The van der Waals surface area contributed by atoms with Gasteiger partial charge in [-0.25, -0.2) is 19.2 Å². The van der Waals surface area contributed by atoms with Gasteiger partial charge in [-0.3, -0.25) is 46.3 Å². The Morgan fingerprint density at radius 1 is 0.439 bits per heavy atom. The summed E-state index contributed by atoms with van der Waals surface area (Å²) in [5.41, 5.74) is 7.23. The Bertz CT molecular complexity index is 3440. The summed E-state index contributed by atoms with van der Waals surface area (Å²) in [5, 5.41) is 35.3. The SMILES string of the molecule is C=CC(=O)Nc1cc(NC(=O)OC(C)(C)C)c(OC)cc1N1CCN(C)CC1.COc1cc(F)c([N+](=O)[O-])cc1NC(=O)OC(C)(C)C.COc1cc(N2CCN(C)CC2)c(N)cc1NC(=O)OC(C)(C)C.COc1cc(N2CCN(C)CC2)c([N+](=O)[O-])cc1NC(=O)OC(C)(C)C. The number of nitro groups is 2. The second-order valence-electron chi connectivity index (χ2n) is 26.8. The third-order valence-electron chi connectivity index (χ3n) is 14.1. The number of nitro benzene ring substituents is 2. The van der Waals surface area contributed by atoms with Crippen molar-refractivity contribution in [2.75, 3.05) is 175 Å². The molecule has 4 aromatic carbocycles. The first-order chi connectivity index (χ1) is 45.6. The number of nitrogen functional groups attached to an aromatic ring is 1. The van der Waals surface area contributed by atoms with Crippen molar-refractivity contribution in [3.8, 4) is 23.0 Å². The van der Waals surface area contributed by atoms with Gasteiger partial charge in [0.15, 0.2) is 0 Å². The van der Waals surface area contributed by atoms with Crippen LogP contribution in [0.3, 0.4) is 0 Å². The Balaban J connectivity index is 0.000000279. The zero-order valence-electron chi connectivity index (χ0n) is 59.9. The van der Waals surface area contributed by atoms with Gasteiger partial charge in [0, 0.05) is 115 Å². The molecule has 0 bridgehead atoms. The number of methoxy groups -OCH3 is 4. The minimum Gasteiger partial charge on any atom is -0.494 e. The highest BCUT2D eigenvalue weighted by Gasteiger charge is 2.30. The van der Waals surface area contributed by atoms with E-state index in [2.05, 4.69) is 71.8 Å². The number of carbonyl (C=O) groups excluding carboxylic acids is 5. The molecule has 542 valence electrons. The van der Waals surface area contributed by atoms with Gasteiger partial charge in [0.05, 0.1) is 83.8 Å². The number of nitrogens with two attached hydrogens (primary N) is 1. The van der Waals surface area contributed by atoms with Crippen molar-refractivity contribution >= 4 is 92.8 Å². The zero-order chi connectivity index (χ0) is 73.8. The van der Waals surface area contributed by atoms with E-state index in [0.29, 0.717) is 58.8 Å². The van der Waals surface area contributed by atoms with E-state index in [1.807, 2.05) is 44.9 Å². The molecule has 7 N–H and O–H groups in total. The average molecular weight is 1380 g/mol. The van der Waals surface area contributed by atoms with Crippen molar-refractivity contribution in [1.82, 2.24) is 14.7 Å². The van der Waals surface area contributed by atoms with Gasteiger partial charge in [0.1, 0.15) is 51.1 Å². The Hall–Kier alpha value is -9.82. The van der Waals surface area contributed by atoms with Crippen molar-refractivity contribution in [2.24, 2.45) is 0 Å². The van der Waals surface area contributed by atoms with Crippen LogP contribution >= 0.6 is 0 Å². The Morgan fingerprint density at radius 3 is 1.05 bits per heavy atom. The summed E-state index contributed by atoms with van der Waals surface area (Å²) in [4.78, 5) is 93.7. The molecular formula is C66H99FN14O17. The van der Waals surface area contributed by atoms with Gasteiger partial charge < -0.3 is 78.3 Å². The largest absolute Gasteiger partial charge is 0.494 e. The first-order valence-corrected chi connectivity index (χ1v) is 31.4. The number of rotatable bonds is 15. The molecule has 0 atom stereocenters. The van der Waals surface area contributed by atoms with Gasteiger partial charge in [-0.2, -0.15) is 4.39 Å². The molecule has 0 aliphatic carbocycles. The predicted octanol–water partition coefficient (Wildman–Crippen LogP) is 11.1. The van der Waals surface area contributed by atoms with Crippen LogP contribution in [-0.4, -0.2) is 205 Å². The fraction of sp³-hybridized carbons (Fsp3) is 0.530. The number of hydrogen-bond donors (Lipinski definition) is 6. The van der Waals surface area contributed by atoms with E-state index in [9.17, 15) is 48.6 Å². The van der Waals surface area contributed by atoms with Crippen molar-refractivity contribution in [1.29, 1.82) is 0 Å². The van der Waals surface area contributed by atoms with E-state index in [1.165, 1.54) is 33.5 Å². The molecule has 0 spiro atoms.